The fourth-order valence-electron chi connectivity index (χ4n) is 14.5. The number of fused-ring (bicyclic) bond motifs is 6. The average Bonchev–Trinajstić information content (AvgIpc) is 1.62. The Hall–Kier alpha value is -7.39. The number of aromatic hydroxyl groups is 2. The van der Waals surface area contributed by atoms with E-state index in [0.29, 0.717) is 22.5 Å². The second-order valence-corrected chi connectivity index (χ2v) is 34.0. The summed E-state index contributed by atoms with van der Waals surface area (Å²) in [6.45, 7) is 48.3. The number of halogens is 3. The second kappa shape index (κ2) is 23.0. The summed E-state index contributed by atoms with van der Waals surface area (Å²) in [7, 11) is 0. The standard InChI is InChI=1S/C82H99F3N2O4/c1-75(2,3)46-81(19,20)52-39-61(72(88)69(41-52)86-65-28-23-48(77(7,8)9)35-56(65)57-36-49(78(10,11)12)24-29-66(57)86)60-43-54(83)27-32-71(60)90-33-34-91-74-63(44-55(84)45-64(74)85)62-40-53(82(21,22)47-76(4,5)6)42-70(73(62)89)87-67-30-25-50(79(13,14)15)37-58(67)59-38-51(80(16,17)18)26-31-68(59)87/h23,25-28,30-32,35-45,88-89H,24,29,33-34,46-47H2,1-22H3. The first kappa shape index (κ1) is 66.5. The maximum Gasteiger partial charge on any atom is 0.168 e. The molecule has 7 aromatic carbocycles. The Bertz CT molecular complexity index is 4280. The van der Waals surface area contributed by atoms with Crippen LogP contribution in [0.5, 0.6) is 23.0 Å². The molecule has 2 N–H and O–H groups in total. The van der Waals surface area contributed by atoms with Gasteiger partial charge in [0.2, 0.25) is 0 Å². The Labute approximate surface area is 540 Å². The molecule has 0 saturated heterocycles. The highest BCUT2D eigenvalue weighted by Gasteiger charge is 2.35. The molecule has 2 aromatic heterocycles. The molecule has 0 radical (unpaired) electrons. The smallest absolute Gasteiger partial charge is 0.168 e. The predicted octanol–water partition coefficient (Wildman–Crippen LogP) is 23.0. The minimum absolute atomic E-state index is 0.0254. The van der Waals surface area contributed by atoms with Gasteiger partial charge in [0.1, 0.15) is 42.1 Å². The van der Waals surface area contributed by atoms with Gasteiger partial charge in [0, 0.05) is 55.7 Å². The number of aromatic nitrogens is 2. The van der Waals surface area contributed by atoms with Crippen LogP contribution in [0.15, 0.2) is 115 Å². The fraction of sp³-hybridized carbons (Fsp3) is 0.439. The van der Waals surface area contributed by atoms with Crippen LogP contribution in [0.1, 0.15) is 211 Å². The summed E-state index contributed by atoms with van der Waals surface area (Å²) in [5.74, 6) is -2.50. The molecule has 9 heteroatoms. The molecule has 91 heavy (non-hydrogen) atoms. The van der Waals surface area contributed by atoms with Crippen molar-refractivity contribution in [1.29, 1.82) is 0 Å². The Kier molecular flexibility index (Phi) is 16.8. The van der Waals surface area contributed by atoms with Crippen molar-refractivity contribution >= 4 is 38.8 Å². The molecule has 0 aliphatic heterocycles. The maximum absolute atomic E-state index is 16.8. The normalized spacial score (nSPS) is 14.0. The van der Waals surface area contributed by atoms with E-state index in [4.69, 9.17) is 9.47 Å². The number of benzene rings is 7. The quantitative estimate of drug-likeness (QED) is 0.113. The van der Waals surface area contributed by atoms with E-state index < -0.39 is 28.3 Å². The zero-order valence-electron chi connectivity index (χ0n) is 58.5. The van der Waals surface area contributed by atoms with Gasteiger partial charge < -0.3 is 28.8 Å². The van der Waals surface area contributed by atoms with Crippen molar-refractivity contribution in [1.82, 2.24) is 9.13 Å². The van der Waals surface area contributed by atoms with Crippen molar-refractivity contribution in [2.45, 2.75) is 205 Å². The molecule has 0 fully saturated rings. The molecule has 9 aromatic rings. The van der Waals surface area contributed by atoms with Gasteiger partial charge in [-0.1, -0.05) is 182 Å². The van der Waals surface area contributed by atoms with Gasteiger partial charge in [0.15, 0.2) is 11.6 Å². The lowest BCUT2D eigenvalue weighted by molar-refractivity contribution is 0.212. The van der Waals surface area contributed by atoms with Crippen molar-refractivity contribution < 1.29 is 32.9 Å². The molecule has 1 aliphatic carbocycles. The van der Waals surface area contributed by atoms with Crippen LogP contribution in [0, 0.1) is 33.7 Å². The zero-order valence-corrected chi connectivity index (χ0v) is 58.5. The number of nitrogens with zero attached hydrogens (tertiary/aromatic N) is 2. The summed E-state index contributed by atoms with van der Waals surface area (Å²) in [4.78, 5) is 0. The third-order valence-electron chi connectivity index (χ3n) is 18.7. The highest BCUT2D eigenvalue weighted by Crippen LogP contribution is 2.52. The summed E-state index contributed by atoms with van der Waals surface area (Å²) in [5.41, 5.74) is 12.2. The van der Waals surface area contributed by atoms with E-state index in [1.54, 1.807) is 6.07 Å². The number of hydrogen-bond donors (Lipinski definition) is 2. The van der Waals surface area contributed by atoms with Gasteiger partial charge in [-0.3, -0.25) is 0 Å². The number of rotatable bonds is 13. The van der Waals surface area contributed by atoms with Crippen LogP contribution in [-0.4, -0.2) is 32.6 Å². The van der Waals surface area contributed by atoms with E-state index in [2.05, 4.69) is 228 Å². The highest BCUT2D eigenvalue weighted by molar-refractivity contribution is 6.10. The molecular weight excluding hydrogens is 1130 g/mol. The van der Waals surface area contributed by atoms with E-state index in [9.17, 15) is 10.2 Å². The lowest BCUT2D eigenvalue weighted by Crippen LogP contribution is -2.25. The van der Waals surface area contributed by atoms with Gasteiger partial charge >= 0.3 is 0 Å². The van der Waals surface area contributed by atoms with Crippen molar-refractivity contribution in [2.75, 3.05) is 13.2 Å². The van der Waals surface area contributed by atoms with E-state index in [0.717, 1.165) is 86.8 Å². The molecule has 0 bridgehead atoms. The fourth-order valence-corrected chi connectivity index (χ4v) is 14.5. The molecule has 0 unspecified atom stereocenters. The van der Waals surface area contributed by atoms with Gasteiger partial charge in [-0.25, -0.2) is 13.2 Å². The van der Waals surface area contributed by atoms with E-state index >= 15 is 13.2 Å². The number of hydrogen-bond acceptors (Lipinski definition) is 4. The summed E-state index contributed by atoms with van der Waals surface area (Å²) < 4.78 is 66.2. The van der Waals surface area contributed by atoms with Gasteiger partial charge in [0.05, 0.1) is 27.9 Å². The van der Waals surface area contributed by atoms with Gasteiger partial charge in [-0.05, 0) is 182 Å². The molecule has 0 saturated carbocycles. The molecule has 0 atom stereocenters. The van der Waals surface area contributed by atoms with E-state index in [1.165, 1.54) is 40.5 Å². The maximum atomic E-state index is 16.8. The minimum Gasteiger partial charge on any atom is -0.505 e. The Morgan fingerprint density at radius 2 is 0.846 bits per heavy atom. The Morgan fingerprint density at radius 1 is 0.407 bits per heavy atom. The molecule has 2 heterocycles. The predicted molar refractivity (Wildman–Crippen MR) is 375 cm³/mol. The molecule has 10 rings (SSSR count). The third-order valence-corrected chi connectivity index (χ3v) is 18.7. The van der Waals surface area contributed by atoms with E-state index in [1.807, 2.05) is 18.2 Å². The van der Waals surface area contributed by atoms with Crippen LogP contribution < -0.4 is 9.47 Å². The zero-order chi connectivity index (χ0) is 66.8. The SMILES string of the molecule is CC(C)(C)CC(C)(C)c1cc(-c2cc(F)ccc2OCCOc2c(F)cc(F)cc2-c2cc(C(C)(C)CC(C)(C)C)cc(-n3c4ccc(C(C)(C)C)cc4c4cc(C(C)(C)C)ccc43)c2O)c(O)c(-n2c3c(c4cc(C(C)(C)C)ccc42)C=C(C(C)(C)C)CC3)c1. The van der Waals surface area contributed by atoms with Crippen molar-refractivity contribution in [2.24, 2.45) is 16.2 Å². The van der Waals surface area contributed by atoms with Crippen LogP contribution in [0.2, 0.25) is 0 Å². The van der Waals surface area contributed by atoms with Crippen LogP contribution in [-0.2, 0) is 33.5 Å². The van der Waals surface area contributed by atoms with E-state index in [-0.39, 0.29) is 79.8 Å². The van der Waals surface area contributed by atoms with Crippen molar-refractivity contribution in [3.63, 3.8) is 0 Å². The number of ether oxygens (including phenoxy) is 2. The lowest BCUT2D eigenvalue weighted by Gasteiger charge is -2.34. The van der Waals surface area contributed by atoms with Crippen LogP contribution in [0.25, 0.3) is 72.4 Å². The Morgan fingerprint density at radius 3 is 1.32 bits per heavy atom. The van der Waals surface area contributed by atoms with Gasteiger partial charge in [-0.15, -0.1) is 0 Å². The lowest BCUT2D eigenvalue weighted by atomic mass is 9.71. The highest BCUT2D eigenvalue weighted by atomic mass is 19.1. The van der Waals surface area contributed by atoms with Gasteiger partial charge in [0.25, 0.3) is 0 Å². The summed E-state index contributed by atoms with van der Waals surface area (Å²) in [6.07, 6.45) is 5.54. The first-order valence-electron chi connectivity index (χ1n) is 32.7. The van der Waals surface area contributed by atoms with Crippen molar-refractivity contribution in [3.8, 4) is 56.6 Å². The van der Waals surface area contributed by atoms with Gasteiger partial charge in [-0.2, -0.15) is 0 Å². The van der Waals surface area contributed by atoms with Crippen LogP contribution in [0.3, 0.4) is 0 Å². The first-order chi connectivity index (χ1) is 41.9. The average molecular weight is 1230 g/mol. The molecular formula is C82H99F3N2O4. The third kappa shape index (κ3) is 13.3. The molecule has 0 amide bonds. The molecule has 1 aliphatic rings. The summed E-state index contributed by atoms with van der Waals surface area (Å²) >= 11 is 0. The first-order valence-corrected chi connectivity index (χ1v) is 32.7. The monoisotopic (exact) mass is 1230 g/mol. The topological polar surface area (TPSA) is 68.8 Å². The van der Waals surface area contributed by atoms with Crippen LogP contribution in [0.4, 0.5) is 13.2 Å². The van der Waals surface area contributed by atoms with Crippen LogP contribution >= 0.6 is 0 Å². The second-order valence-electron chi connectivity index (χ2n) is 34.0. The molecule has 6 nitrogen and oxygen atoms in total. The van der Waals surface area contributed by atoms with Crippen molar-refractivity contribution in [3.05, 3.63) is 171 Å². The minimum atomic E-state index is -0.953. The largest absolute Gasteiger partial charge is 0.505 e. The number of allylic oxidation sites excluding steroid dienone is 1. The molecule has 482 valence electrons. The number of phenolic OH excluding ortho intramolecular Hbond substituents is 2. The Balaban J connectivity index is 1.08. The summed E-state index contributed by atoms with van der Waals surface area (Å²) in [5, 5.41) is 29.3. The summed E-state index contributed by atoms with van der Waals surface area (Å²) in [6, 6.07) is 33.9. The molecule has 0 spiro atoms. The number of phenols is 2.